The molecular formula is C31H32FIN5O-. The number of halogens is 2. The Labute approximate surface area is 239 Å². The average Bonchev–Trinajstić information content (AvgIpc) is 3.77. The Balaban J connectivity index is 1.15. The summed E-state index contributed by atoms with van der Waals surface area (Å²) >= 11 is -0.140. The summed E-state index contributed by atoms with van der Waals surface area (Å²) < 4.78 is 17.7. The summed E-state index contributed by atoms with van der Waals surface area (Å²) in [6.07, 6.45) is 6.12. The molecule has 2 fully saturated rings. The molecule has 6 nitrogen and oxygen atoms in total. The molecule has 1 saturated heterocycles. The SMILES string of the molecule is CC(=N)c1cc(C(=O)N2CCC(C3=C[I-]c4ccccc4N3CC3CC3)CC2)cnc1Nc1cccc(F)c1. The molecule has 2 N–H and O–H groups in total. The molecule has 3 heterocycles. The molecule has 2 aliphatic heterocycles. The number of piperidine rings is 1. The molecule has 1 aromatic heterocycles. The number of nitrogens with zero attached hydrogens (tertiary/aromatic N) is 3. The Morgan fingerprint density at radius 3 is 2.64 bits per heavy atom. The summed E-state index contributed by atoms with van der Waals surface area (Å²) in [4.78, 5) is 22.5. The number of rotatable bonds is 7. The Hall–Kier alpha value is -3.27. The summed E-state index contributed by atoms with van der Waals surface area (Å²) in [5.74, 6) is 1.31. The first-order valence-electron chi connectivity index (χ1n) is 13.5. The third kappa shape index (κ3) is 5.71. The topological polar surface area (TPSA) is 72.3 Å². The van der Waals surface area contributed by atoms with Gasteiger partial charge in [-0.2, -0.15) is 0 Å². The molecule has 2 aromatic carbocycles. The molecule has 0 unspecified atom stereocenters. The van der Waals surface area contributed by atoms with Gasteiger partial charge < -0.3 is 0 Å². The molecule has 6 rings (SSSR count). The van der Waals surface area contributed by atoms with Gasteiger partial charge in [-0.25, -0.2) is 4.39 Å². The summed E-state index contributed by atoms with van der Waals surface area (Å²) in [5, 5.41) is 11.3. The number of benzene rings is 2. The van der Waals surface area contributed by atoms with Crippen LogP contribution in [0.1, 0.15) is 48.5 Å². The van der Waals surface area contributed by atoms with Crippen molar-refractivity contribution in [2.75, 3.05) is 29.9 Å². The van der Waals surface area contributed by atoms with Gasteiger partial charge in [-0.05, 0) is 18.2 Å². The second kappa shape index (κ2) is 11.1. The van der Waals surface area contributed by atoms with Crippen LogP contribution < -0.4 is 31.4 Å². The van der Waals surface area contributed by atoms with Crippen molar-refractivity contribution in [3.8, 4) is 0 Å². The number of anilines is 3. The van der Waals surface area contributed by atoms with E-state index in [9.17, 15) is 9.18 Å². The van der Waals surface area contributed by atoms with Crippen molar-refractivity contribution in [1.82, 2.24) is 9.88 Å². The van der Waals surface area contributed by atoms with E-state index in [1.807, 2.05) is 4.90 Å². The number of hydrogen-bond acceptors (Lipinski definition) is 5. The maximum atomic E-state index is 13.6. The minimum Gasteiger partial charge on any atom is -0.207 e. The van der Waals surface area contributed by atoms with Gasteiger partial charge in [0, 0.05) is 5.69 Å². The van der Waals surface area contributed by atoms with E-state index in [0.717, 1.165) is 25.3 Å². The zero-order valence-electron chi connectivity index (χ0n) is 22.0. The van der Waals surface area contributed by atoms with Crippen LogP contribution >= 0.6 is 0 Å². The number of likely N-dealkylation sites (tertiary alicyclic amines) is 1. The average molecular weight is 637 g/mol. The maximum absolute atomic E-state index is 13.6. The van der Waals surface area contributed by atoms with Crippen molar-refractivity contribution in [2.24, 2.45) is 11.8 Å². The van der Waals surface area contributed by atoms with Crippen molar-refractivity contribution in [1.29, 1.82) is 5.41 Å². The number of para-hydroxylation sites is 1. The van der Waals surface area contributed by atoms with E-state index in [2.05, 4.69) is 43.5 Å². The van der Waals surface area contributed by atoms with E-state index in [1.165, 1.54) is 39.9 Å². The molecule has 8 heteroatoms. The van der Waals surface area contributed by atoms with Crippen LogP contribution in [-0.4, -0.2) is 41.1 Å². The molecule has 0 spiro atoms. The van der Waals surface area contributed by atoms with Gasteiger partial charge in [0.2, 0.25) is 0 Å². The third-order valence-corrected chi connectivity index (χ3v) is 10.2. The quantitative estimate of drug-likeness (QED) is 0.309. The Kier molecular flexibility index (Phi) is 7.38. The van der Waals surface area contributed by atoms with E-state index in [0.29, 0.717) is 47.4 Å². The molecule has 202 valence electrons. The second-order valence-corrected chi connectivity index (χ2v) is 13.0. The number of amides is 1. The van der Waals surface area contributed by atoms with Crippen LogP contribution in [-0.2, 0) is 0 Å². The van der Waals surface area contributed by atoms with Crippen LogP contribution in [0, 0.1) is 26.6 Å². The molecule has 0 atom stereocenters. The zero-order chi connectivity index (χ0) is 26.9. The first-order valence-corrected chi connectivity index (χ1v) is 15.9. The van der Waals surface area contributed by atoms with E-state index in [-0.39, 0.29) is 32.9 Å². The van der Waals surface area contributed by atoms with Crippen molar-refractivity contribution >= 4 is 28.8 Å². The van der Waals surface area contributed by atoms with Gasteiger partial charge in [-0.1, -0.05) is 6.07 Å². The van der Waals surface area contributed by atoms with Crippen LogP contribution in [0.3, 0.4) is 0 Å². The van der Waals surface area contributed by atoms with Gasteiger partial charge in [0.05, 0.1) is 0 Å². The van der Waals surface area contributed by atoms with E-state index in [1.54, 1.807) is 31.3 Å². The van der Waals surface area contributed by atoms with E-state index in [4.69, 9.17) is 5.41 Å². The Bertz CT molecular complexity index is 1440. The number of carbonyl (C=O) groups excluding carboxylic acids is 1. The van der Waals surface area contributed by atoms with Crippen LogP contribution in [0.5, 0.6) is 0 Å². The van der Waals surface area contributed by atoms with E-state index >= 15 is 0 Å². The van der Waals surface area contributed by atoms with Gasteiger partial charge in [-0.15, -0.1) is 0 Å². The third-order valence-electron chi connectivity index (χ3n) is 7.70. The number of carbonyl (C=O) groups is 1. The Morgan fingerprint density at radius 1 is 1.10 bits per heavy atom. The number of fused-ring (bicyclic) bond motifs is 1. The smallest absolute Gasteiger partial charge is 0.207 e. The predicted molar refractivity (Wildman–Crippen MR) is 148 cm³/mol. The molecule has 39 heavy (non-hydrogen) atoms. The standard InChI is InChI=1S/C31H32FIN5O/c1-20(34)26-15-23(18-35-30(26)36-25-6-4-5-24(32)16-25)31(39)37-13-11-22(12-14-37)29-17-33-27-7-2-3-8-28(27)38(29)19-21-9-10-21/h2-8,15-18,21-22,34H,9-14,19H2,1H3,(H,35,36)/q-1. The Morgan fingerprint density at radius 2 is 1.90 bits per heavy atom. The van der Waals surface area contributed by atoms with Gasteiger partial charge >= 0.3 is 200 Å². The van der Waals surface area contributed by atoms with Crippen molar-refractivity contribution in [2.45, 2.75) is 32.6 Å². The molecule has 1 amide bonds. The fraction of sp³-hybridized carbons (Fsp3) is 0.323. The predicted octanol–water partition coefficient (Wildman–Crippen LogP) is 3.23. The normalized spacial score (nSPS) is 17.6. The van der Waals surface area contributed by atoms with Crippen molar-refractivity contribution in [3.63, 3.8) is 0 Å². The van der Waals surface area contributed by atoms with Gasteiger partial charge in [0.15, 0.2) is 0 Å². The molecule has 0 bridgehead atoms. The number of nitrogens with one attached hydrogen (secondary N) is 2. The van der Waals surface area contributed by atoms with Crippen LogP contribution in [0.25, 0.3) is 0 Å². The number of hydrogen-bond donors (Lipinski definition) is 2. The van der Waals surface area contributed by atoms with Gasteiger partial charge in [0.25, 0.3) is 0 Å². The van der Waals surface area contributed by atoms with Gasteiger partial charge in [-0.3, -0.25) is 0 Å². The molecule has 1 aliphatic carbocycles. The van der Waals surface area contributed by atoms with Crippen LogP contribution in [0.15, 0.2) is 70.6 Å². The molecular weight excluding hydrogens is 604 g/mol. The summed E-state index contributed by atoms with van der Waals surface area (Å²) in [5.41, 5.74) is 4.73. The number of aromatic nitrogens is 1. The molecule has 0 radical (unpaired) electrons. The summed E-state index contributed by atoms with van der Waals surface area (Å²) in [6, 6.07) is 16.7. The molecule has 1 saturated carbocycles. The van der Waals surface area contributed by atoms with Crippen molar-refractivity contribution < 1.29 is 30.4 Å². The van der Waals surface area contributed by atoms with Crippen LogP contribution in [0.4, 0.5) is 21.6 Å². The first-order chi connectivity index (χ1) is 19.0. The van der Waals surface area contributed by atoms with Gasteiger partial charge in [0.1, 0.15) is 5.82 Å². The van der Waals surface area contributed by atoms with Crippen molar-refractivity contribution in [3.05, 3.63) is 91.1 Å². The number of pyridine rings is 1. The fourth-order valence-corrected chi connectivity index (χ4v) is 8.08. The minimum absolute atomic E-state index is 0.0500. The van der Waals surface area contributed by atoms with Crippen LogP contribution in [0.2, 0.25) is 0 Å². The second-order valence-electron chi connectivity index (χ2n) is 10.6. The summed E-state index contributed by atoms with van der Waals surface area (Å²) in [7, 11) is 0. The summed E-state index contributed by atoms with van der Waals surface area (Å²) in [6.45, 7) is 4.19. The zero-order valence-corrected chi connectivity index (χ0v) is 24.1. The first kappa shape index (κ1) is 26.0. The number of allylic oxidation sites excluding steroid dienone is 1. The minimum atomic E-state index is -0.353. The molecule has 3 aromatic rings. The fourth-order valence-electron chi connectivity index (χ4n) is 5.38. The molecule has 3 aliphatic rings. The monoisotopic (exact) mass is 636 g/mol. The van der Waals surface area contributed by atoms with E-state index < -0.39 is 0 Å².